The molecule has 1 aromatic carbocycles. The summed E-state index contributed by atoms with van der Waals surface area (Å²) in [5, 5.41) is 10.7. The minimum absolute atomic E-state index is 0.0996. The molecule has 0 aliphatic heterocycles. The summed E-state index contributed by atoms with van der Waals surface area (Å²) in [5.41, 5.74) is 8.24. The van der Waals surface area contributed by atoms with E-state index in [0.717, 1.165) is 18.4 Å². The molecule has 1 atom stereocenters. The molecule has 1 aliphatic rings. The van der Waals surface area contributed by atoms with Gasteiger partial charge in [0, 0.05) is 12.0 Å². The average Bonchev–Trinajstić information content (AvgIpc) is 2.47. The third kappa shape index (κ3) is 3.01. The Hall–Kier alpha value is -0.860. The van der Waals surface area contributed by atoms with E-state index in [2.05, 4.69) is 38.1 Å². The molecule has 2 rings (SSSR count). The molecule has 0 aromatic heterocycles. The van der Waals surface area contributed by atoms with Gasteiger partial charge in [-0.1, -0.05) is 57.4 Å². The molecule has 0 saturated heterocycles. The van der Waals surface area contributed by atoms with Crippen molar-refractivity contribution in [3.05, 3.63) is 35.4 Å². The molecule has 3 N–H and O–H groups in total. The van der Waals surface area contributed by atoms with Crippen LogP contribution in [-0.2, 0) is 0 Å². The predicted octanol–water partition coefficient (Wildman–Crippen LogP) is 3.75. The fourth-order valence-electron chi connectivity index (χ4n) is 3.26. The maximum absolute atomic E-state index is 10.7. The first-order chi connectivity index (χ1) is 9.09. The van der Waals surface area contributed by atoms with Gasteiger partial charge in [0.15, 0.2) is 0 Å². The van der Waals surface area contributed by atoms with E-state index in [1.165, 1.54) is 24.8 Å². The highest BCUT2D eigenvalue weighted by Gasteiger charge is 2.38. The third-order valence-electron chi connectivity index (χ3n) is 4.75. The Morgan fingerprint density at radius 3 is 2.05 bits per heavy atom. The highest BCUT2D eigenvalue weighted by Crippen LogP contribution is 2.45. The van der Waals surface area contributed by atoms with Crippen molar-refractivity contribution in [3.8, 4) is 0 Å². The summed E-state index contributed by atoms with van der Waals surface area (Å²) in [6.45, 7) is 4.96. The lowest BCUT2D eigenvalue weighted by atomic mass is 9.68. The van der Waals surface area contributed by atoms with Crippen LogP contribution in [0.1, 0.15) is 69.1 Å². The van der Waals surface area contributed by atoms with Gasteiger partial charge in [0.1, 0.15) is 0 Å². The van der Waals surface area contributed by atoms with E-state index in [1.807, 2.05) is 0 Å². The summed E-state index contributed by atoms with van der Waals surface area (Å²) in [6.07, 6.45) is 5.35. The second-order valence-electron chi connectivity index (χ2n) is 6.35. The van der Waals surface area contributed by atoms with E-state index >= 15 is 0 Å². The van der Waals surface area contributed by atoms with E-state index in [9.17, 15) is 5.11 Å². The minimum atomic E-state index is -0.418. The average molecular weight is 261 g/mol. The van der Waals surface area contributed by atoms with Crippen LogP contribution in [0.3, 0.4) is 0 Å². The summed E-state index contributed by atoms with van der Waals surface area (Å²) < 4.78 is 0. The molecule has 1 aromatic rings. The van der Waals surface area contributed by atoms with Crippen LogP contribution in [0.2, 0.25) is 0 Å². The molecule has 0 bridgehead atoms. The molecule has 106 valence electrons. The summed E-state index contributed by atoms with van der Waals surface area (Å²) in [5.74, 6) is 0.532. The van der Waals surface area contributed by atoms with Gasteiger partial charge in [-0.2, -0.15) is 0 Å². The number of rotatable bonds is 4. The minimum Gasteiger partial charge on any atom is -0.388 e. The number of aliphatic hydroxyl groups excluding tert-OH is 1. The standard InChI is InChI=1S/C17H27NO/c1-13(2)14-6-8-15(9-7-14)16(19)17(12-18)10-4-3-5-11-17/h6-9,13,16,19H,3-5,10-12,18H2,1-2H3. The van der Waals surface area contributed by atoms with Crippen LogP contribution in [0.25, 0.3) is 0 Å². The summed E-state index contributed by atoms with van der Waals surface area (Å²) in [6, 6.07) is 8.42. The van der Waals surface area contributed by atoms with Crippen molar-refractivity contribution in [2.75, 3.05) is 6.54 Å². The van der Waals surface area contributed by atoms with Gasteiger partial charge in [-0.05, 0) is 29.9 Å². The molecular weight excluding hydrogens is 234 g/mol. The fraction of sp³-hybridized carbons (Fsp3) is 0.647. The lowest BCUT2D eigenvalue weighted by molar-refractivity contribution is 0.000686. The second kappa shape index (κ2) is 6.06. The Bertz CT molecular complexity index is 390. The van der Waals surface area contributed by atoms with Crippen molar-refractivity contribution in [3.63, 3.8) is 0 Å². The first kappa shape index (κ1) is 14.5. The zero-order chi connectivity index (χ0) is 13.9. The summed E-state index contributed by atoms with van der Waals surface area (Å²) in [7, 11) is 0. The fourth-order valence-corrected chi connectivity index (χ4v) is 3.26. The lowest BCUT2D eigenvalue weighted by Gasteiger charge is -2.40. The van der Waals surface area contributed by atoms with E-state index in [1.54, 1.807) is 0 Å². The van der Waals surface area contributed by atoms with Crippen LogP contribution in [0.5, 0.6) is 0 Å². The normalized spacial score (nSPS) is 20.5. The third-order valence-corrected chi connectivity index (χ3v) is 4.75. The highest BCUT2D eigenvalue weighted by atomic mass is 16.3. The molecule has 1 saturated carbocycles. The molecule has 1 aliphatic carbocycles. The van der Waals surface area contributed by atoms with Crippen LogP contribution < -0.4 is 5.73 Å². The first-order valence-electron chi connectivity index (χ1n) is 7.57. The Kier molecular flexibility index (Phi) is 4.64. The van der Waals surface area contributed by atoms with Gasteiger partial charge in [-0.3, -0.25) is 0 Å². The monoisotopic (exact) mass is 261 g/mol. The zero-order valence-corrected chi connectivity index (χ0v) is 12.2. The van der Waals surface area contributed by atoms with Crippen molar-refractivity contribution in [1.29, 1.82) is 0 Å². The maximum Gasteiger partial charge on any atom is 0.0858 e. The molecule has 0 amide bonds. The summed E-state index contributed by atoms with van der Waals surface area (Å²) >= 11 is 0. The lowest BCUT2D eigenvalue weighted by Crippen LogP contribution is -2.38. The van der Waals surface area contributed by atoms with E-state index in [-0.39, 0.29) is 5.41 Å². The predicted molar refractivity (Wildman–Crippen MR) is 80.1 cm³/mol. The molecule has 0 radical (unpaired) electrons. The van der Waals surface area contributed by atoms with E-state index in [4.69, 9.17) is 5.73 Å². The van der Waals surface area contributed by atoms with Gasteiger partial charge in [0.2, 0.25) is 0 Å². The van der Waals surface area contributed by atoms with Gasteiger partial charge < -0.3 is 10.8 Å². The number of aliphatic hydroxyl groups is 1. The van der Waals surface area contributed by atoms with Crippen LogP contribution >= 0.6 is 0 Å². The number of nitrogens with two attached hydrogens (primary N) is 1. The second-order valence-corrected chi connectivity index (χ2v) is 6.35. The molecule has 2 nitrogen and oxygen atoms in total. The molecule has 1 unspecified atom stereocenters. The Morgan fingerprint density at radius 1 is 1.05 bits per heavy atom. The molecular formula is C17H27NO. The first-order valence-corrected chi connectivity index (χ1v) is 7.57. The Morgan fingerprint density at radius 2 is 1.58 bits per heavy atom. The molecule has 19 heavy (non-hydrogen) atoms. The van der Waals surface area contributed by atoms with E-state index in [0.29, 0.717) is 12.5 Å². The molecule has 0 spiro atoms. The van der Waals surface area contributed by atoms with Crippen LogP contribution in [0, 0.1) is 5.41 Å². The van der Waals surface area contributed by atoms with Crippen molar-refractivity contribution in [1.82, 2.24) is 0 Å². The van der Waals surface area contributed by atoms with Gasteiger partial charge in [-0.25, -0.2) is 0 Å². The molecule has 2 heteroatoms. The van der Waals surface area contributed by atoms with Crippen LogP contribution in [-0.4, -0.2) is 11.7 Å². The van der Waals surface area contributed by atoms with Crippen molar-refractivity contribution >= 4 is 0 Å². The summed E-state index contributed by atoms with van der Waals surface area (Å²) in [4.78, 5) is 0. The topological polar surface area (TPSA) is 46.2 Å². The maximum atomic E-state index is 10.7. The zero-order valence-electron chi connectivity index (χ0n) is 12.2. The van der Waals surface area contributed by atoms with Gasteiger partial charge in [0.05, 0.1) is 6.10 Å². The molecule has 0 heterocycles. The Labute approximate surface area is 117 Å². The van der Waals surface area contributed by atoms with Gasteiger partial charge in [-0.15, -0.1) is 0 Å². The number of benzene rings is 1. The van der Waals surface area contributed by atoms with Gasteiger partial charge >= 0.3 is 0 Å². The SMILES string of the molecule is CC(C)c1ccc(C(O)C2(CN)CCCCC2)cc1. The number of hydrogen-bond acceptors (Lipinski definition) is 2. The van der Waals surface area contributed by atoms with Crippen molar-refractivity contribution in [2.24, 2.45) is 11.1 Å². The van der Waals surface area contributed by atoms with Crippen LogP contribution in [0.4, 0.5) is 0 Å². The molecule has 1 fully saturated rings. The smallest absolute Gasteiger partial charge is 0.0858 e. The largest absolute Gasteiger partial charge is 0.388 e. The van der Waals surface area contributed by atoms with Crippen molar-refractivity contribution < 1.29 is 5.11 Å². The Balaban J connectivity index is 2.19. The quantitative estimate of drug-likeness (QED) is 0.867. The van der Waals surface area contributed by atoms with Crippen LogP contribution in [0.15, 0.2) is 24.3 Å². The van der Waals surface area contributed by atoms with Crippen molar-refractivity contribution in [2.45, 2.75) is 58.0 Å². The number of hydrogen-bond donors (Lipinski definition) is 2. The van der Waals surface area contributed by atoms with E-state index < -0.39 is 6.10 Å². The highest BCUT2D eigenvalue weighted by molar-refractivity contribution is 5.27. The van der Waals surface area contributed by atoms with Gasteiger partial charge in [0.25, 0.3) is 0 Å².